The Kier molecular flexibility index (Phi) is 11.7. The Hall–Kier alpha value is -3.28. The van der Waals surface area contributed by atoms with Gasteiger partial charge in [0.25, 0.3) is 0 Å². The Labute approximate surface area is 215 Å². The van der Waals surface area contributed by atoms with Crippen LogP contribution < -0.4 is 10.6 Å². The van der Waals surface area contributed by atoms with E-state index in [2.05, 4.69) is 10.6 Å². The summed E-state index contributed by atoms with van der Waals surface area (Å²) >= 11 is 0. The van der Waals surface area contributed by atoms with Crippen LogP contribution in [0.3, 0.4) is 0 Å². The zero-order chi connectivity index (χ0) is 27.6. The van der Waals surface area contributed by atoms with E-state index in [1.54, 1.807) is 45.9 Å². The molecule has 36 heavy (non-hydrogen) atoms. The van der Waals surface area contributed by atoms with Gasteiger partial charge < -0.3 is 25.4 Å². The van der Waals surface area contributed by atoms with Crippen molar-refractivity contribution in [3.63, 3.8) is 0 Å². The summed E-state index contributed by atoms with van der Waals surface area (Å²) in [5.41, 5.74) is -0.0326. The molecule has 9 heteroatoms. The second-order valence-electron chi connectivity index (χ2n) is 10.6. The van der Waals surface area contributed by atoms with Crippen molar-refractivity contribution in [3.8, 4) is 11.8 Å². The maximum atomic E-state index is 13.8. The summed E-state index contributed by atoms with van der Waals surface area (Å²) in [7, 11) is 0. The molecule has 200 valence electrons. The van der Waals surface area contributed by atoms with E-state index in [0.29, 0.717) is 5.56 Å². The normalized spacial score (nSPS) is 13.8. The number of carbonyl (C=O) groups is 3. The van der Waals surface area contributed by atoms with Crippen LogP contribution in [0.2, 0.25) is 0 Å². The molecule has 0 heterocycles. The van der Waals surface area contributed by atoms with E-state index in [0.717, 1.165) is 17.7 Å². The molecule has 0 aromatic heterocycles. The predicted molar refractivity (Wildman–Crippen MR) is 138 cm³/mol. The van der Waals surface area contributed by atoms with Crippen LogP contribution in [0.15, 0.2) is 18.2 Å². The molecule has 0 radical (unpaired) electrons. The van der Waals surface area contributed by atoms with Crippen LogP contribution in [0.25, 0.3) is 0 Å². The number of hydrogen-bond donors (Lipinski definition) is 3. The van der Waals surface area contributed by atoms with Crippen molar-refractivity contribution in [2.75, 3.05) is 6.54 Å². The van der Waals surface area contributed by atoms with E-state index in [1.165, 1.54) is 0 Å². The first-order valence-electron chi connectivity index (χ1n) is 12.5. The zero-order valence-electron chi connectivity index (χ0n) is 22.8. The lowest BCUT2D eigenvalue weighted by molar-refractivity contribution is -0.142. The van der Waals surface area contributed by atoms with Crippen molar-refractivity contribution in [1.82, 2.24) is 15.5 Å². The second-order valence-corrected chi connectivity index (χ2v) is 10.6. The SMILES string of the molecule is CCCC(C)NC(=O)C(c1cccc(C)c1O)N(CC#N)C(=O)C(CC(C)C)NC(=O)OC(C)(C)C. The highest BCUT2D eigenvalue weighted by molar-refractivity contribution is 5.92. The number of aromatic hydroxyl groups is 1. The van der Waals surface area contributed by atoms with Gasteiger partial charge in [0.2, 0.25) is 11.8 Å². The number of nitrogens with one attached hydrogen (secondary N) is 2. The van der Waals surface area contributed by atoms with Crippen LogP contribution in [0.1, 0.15) is 84.9 Å². The molecular weight excluding hydrogens is 460 g/mol. The van der Waals surface area contributed by atoms with E-state index in [9.17, 15) is 24.8 Å². The lowest BCUT2D eigenvalue weighted by Crippen LogP contribution is -2.54. The average Bonchev–Trinajstić information content (AvgIpc) is 2.73. The number of amides is 3. The number of nitriles is 1. The molecule has 0 saturated carbocycles. The average molecular weight is 503 g/mol. The number of nitrogens with zero attached hydrogens (tertiary/aromatic N) is 2. The van der Waals surface area contributed by atoms with Crippen LogP contribution >= 0.6 is 0 Å². The van der Waals surface area contributed by atoms with Crippen molar-refractivity contribution < 1.29 is 24.2 Å². The second kappa shape index (κ2) is 13.7. The summed E-state index contributed by atoms with van der Waals surface area (Å²) in [6, 6.07) is 4.41. The number of phenolic OH excluding ortho intramolecular Hbond substituents is 1. The molecule has 9 nitrogen and oxygen atoms in total. The van der Waals surface area contributed by atoms with E-state index < -0.39 is 42.1 Å². The van der Waals surface area contributed by atoms with Gasteiger partial charge >= 0.3 is 6.09 Å². The van der Waals surface area contributed by atoms with Gasteiger partial charge in [0, 0.05) is 11.6 Å². The lowest BCUT2D eigenvalue weighted by atomic mass is 9.97. The zero-order valence-corrected chi connectivity index (χ0v) is 22.8. The van der Waals surface area contributed by atoms with Crippen LogP contribution in [0.5, 0.6) is 5.75 Å². The number of para-hydroxylation sites is 1. The number of benzene rings is 1. The van der Waals surface area contributed by atoms with E-state index in [1.807, 2.05) is 33.8 Å². The number of rotatable bonds is 11. The minimum Gasteiger partial charge on any atom is -0.507 e. The molecule has 3 amide bonds. The Balaban J connectivity index is 3.53. The lowest BCUT2D eigenvalue weighted by Gasteiger charge is -2.34. The third-order valence-electron chi connectivity index (χ3n) is 5.45. The standard InChI is InChI=1S/C27H42N4O5/c1-9-11-19(5)29-24(33)22(20-13-10-12-18(4)23(20)32)31(15-14-28)25(34)21(16-17(2)3)30-26(35)36-27(6,7)8/h10,12-13,17,19,21-22,32H,9,11,15-16H2,1-8H3,(H,29,33)(H,30,35). The smallest absolute Gasteiger partial charge is 0.408 e. The van der Waals surface area contributed by atoms with Gasteiger partial charge in [0.05, 0.1) is 6.07 Å². The topological polar surface area (TPSA) is 132 Å². The summed E-state index contributed by atoms with van der Waals surface area (Å²) in [5.74, 6) is -1.24. The predicted octanol–water partition coefficient (Wildman–Crippen LogP) is 4.34. The molecule has 0 aliphatic rings. The molecule has 1 rings (SSSR count). The van der Waals surface area contributed by atoms with Gasteiger partial charge in [0.15, 0.2) is 0 Å². The van der Waals surface area contributed by atoms with Gasteiger partial charge in [-0.05, 0) is 58.9 Å². The first-order valence-corrected chi connectivity index (χ1v) is 12.5. The maximum Gasteiger partial charge on any atom is 0.408 e. The molecule has 3 N–H and O–H groups in total. The molecule has 0 spiro atoms. The third-order valence-corrected chi connectivity index (χ3v) is 5.45. The first kappa shape index (κ1) is 30.8. The fraction of sp³-hybridized carbons (Fsp3) is 0.630. The number of alkyl carbamates (subject to hydrolysis) is 1. The molecule has 0 aliphatic heterocycles. The first-order chi connectivity index (χ1) is 16.7. The maximum absolute atomic E-state index is 13.8. The Bertz CT molecular complexity index is 948. The fourth-order valence-corrected chi connectivity index (χ4v) is 3.90. The summed E-state index contributed by atoms with van der Waals surface area (Å²) in [4.78, 5) is 41.0. The molecule has 0 saturated heterocycles. The molecule has 0 fully saturated rings. The Morgan fingerprint density at radius 2 is 1.81 bits per heavy atom. The summed E-state index contributed by atoms with van der Waals surface area (Å²) in [6.07, 6.45) is 1.06. The fourth-order valence-electron chi connectivity index (χ4n) is 3.90. The Morgan fingerprint density at radius 3 is 2.33 bits per heavy atom. The van der Waals surface area contributed by atoms with E-state index in [4.69, 9.17) is 4.74 Å². The highest BCUT2D eigenvalue weighted by Gasteiger charge is 2.38. The molecule has 0 bridgehead atoms. The van der Waals surface area contributed by atoms with Crippen LogP contribution in [0, 0.1) is 24.2 Å². The number of aryl methyl sites for hydroxylation is 1. The third kappa shape index (κ3) is 9.40. The van der Waals surface area contributed by atoms with Gasteiger partial charge in [-0.25, -0.2) is 4.79 Å². The minimum atomic E-state index is -1.27. The number of carbonyl (C=O) groups excluding carboxylic acids is 3. The molecule has 3 unspecified atom stereocenters. The molecule has 1 aromatic carbocycles. The van der Waals surface area contributed by atoms with Crippen molar-refractivity contribution >= 4 is 17.9 Å². The molecule has 3 atom stereocenters. The van der Waals surface area contributed by atoms with Crippen LogP contribution in [-0.2, 0) is 14.3 Å². The molecule has 1 aromatic rings. The van der Waals surface area contributed by atoms with Crippen molar-refractivity contribution in [1.29, 1.82) is 5.26 Å². The quantitative estimate of drug-likeness (QED) is 0.386. The van der Waals surface area contributed by atoms with Crippen molar-refractivity contribution in [2.24, 2.45) is 5.92 Å². The van der Waals surface area contributed by atoms with Crippen LogP contribution in [0.4, 0.5) is 4.79 Å². The summed E-state index contributed by atoms with van der Waals surface area (Å²) < 4.78 is 5.34. The molecular formula is C27H42N4O5. The highest BCUT2D eigenvalue weighted by Crippen LogP contribution is 2.32. The van der Waals surface area contributed by atoms with Gasteiger partial charge in [-0.1, -0.05) is 45.4 Å². The van der Waals surface area contributed by atoms with Crippen molar-refractivity contribution in [3.05, 3.63) is 29.3 Å². The minimum absolute atomic E-state index is 0.0158. The van der Waals surface area contributed by atoms with Gasteiger partial charge in [-0.2, -0.15) is 5.26 Å². The van der Waals surface area contributed by atoms with Crippen LogP contribution in [-0.4, -0.2) is 52.1 Å². The molecule has 0 aliphatic carbocycles. The van der Waals surface area contributed by atoms with Gasteiger partial charge in [-0.3, -0.25) is 9.59 Å². The number of hydrogen-bond acceptors (Lipinski definition) is 6. The van der Waals surface area contributed by atoms with Gasteiger partial charge in [0.1, 0.15) is 30.0 Å². The monoisotopic (exact) mass is 502 g/mol. The van der Waals surface area contributed by atoms with E-state index in [-0.39, 0.29) is 29.7 Å². The largest absolute Gasteiger partial charge is 0.507 e. The highest BCUT2D eigenvalue weighted by atomic mass is 16.6. The Morgan fingerprint density at radius 1 is 1.17 bits per heavy atom. The number of phenols is 1. The van der Waals surface area contributed by atoms with Gasteiger partial charge in [-0.15, -0.1) is 0 Å². The number of ether oxygens (including phenoxy) is 1. The van der Waals surface area contributed by atoms with Crippen molar-refractivity contribution in [2.45, 2.75) is 98.4 Å². The van der Waals surface area contributed by atoms with E-state index >= 15 is 0 Å². The summed E-state index contributed by atoms with van der Waals surface area (Å²) in [6.45, 7) is 14.1. The summed E-state index contributed by atoms with van der Waals surface area (Å²) in [5, 5.41) is 25.9.